The Labute approximate surface area is 216 Å². The lowest BCUT2D eigenvalue weighted by Crippen LogP contribution is -2.37. The van der Waals surface area contributed by atoms with E-state index in [0.29, 0.717) is 14.3 Å². The molecule has 0 saturated heterocycles. The predicted octanol–water partition coefficient (Wildman–Crippen LogP) is 4.43. The summed E-state index contributed by atoms with van der Waals surface area (Å²) < 4.78 is 80.6. The van der Waals surface area contributed by atoms with Gasteiger partial charge in [-0.05, 0) is 48.2 Å². The van der Waals surface area contributed by atoms with Crippen LogP contribution in [0.15, 0.2) is 53.3 Å². The van der Waals surface area contributed by atoms with Crippen LogP contribution < -0.4 is 5.69 Å². The number of nitrogens with zero attached hydrogens (tertiary/aromatic N) is 3. The van der Waals surface area contributed by atoms with Crippen molar-refractivity contribution < 1.29 is 41.4 Å². The van der Waals surface area contributed by atoms with E-state index in [9.17, 15) is 46.1 Å². The summed E-state index contributed by atoms with van der Waals surface area (Å²) in [5, 5.41) is 23.2. The maximum absolute atomic E-state index is 13.5. The Morgan fingerprint density at radius 2 is 1.66 bits per heavy atom. The number of aliphatic hydroxyl groups excluding tert-OH is 2. The molecule has 2 N–H and O–H groups in total. The number of hydrogen-bond acceptors (Lipinski definition) is 5. The van der Waals surface area contributed by atoms with E-state index in [-0.39, 0.29) is 23.4 Å². The van der Waals surface area contributed by atoms with E-state index in [1.54, 1.807) is 0 Å². The molecule has 2 atom stereocenters. The van der Waals surface area contributed by atoms with Gasteiger partial charge in [-0.25, -0.2) is 9.48 Å². The van der Waals surface area contributed by atoms with Crippen molar-refractivity contribution in [3.8, 4) is 11.4 Å². The Bertz CT molecular complexity index is 1320. The molecule has 0 aliphatic heterocycles. The summed E-state index contributed by atoms with van der Waals surface area (Å²) in [5.74, 6) is -2.07. The summed E-state index contributed by atoms with van der Waals surface area (Å²) in [6, 6.07) is 10.1. The highest BCUT2D eigenvalue weighted by molar-refractivity contribution is 6.30. The number of aliphatic hydroxyl groups is 2. The summed E-state index contributed by atoms with van der Waals surface area (Å²) in [6.45, 7) is -2.49. The zero-order valence-electron chi connectivity index (χ0n) is 19.5. The molecular weight excluding hydrogens is 544 g/mol. The van der Waals surface area contributed by atoms with Crippen molar-refractivity contribution in [2.75, 3.05) is 6.61 Å². The Kier molecular flexibility index (Phi) is 9.05. The van der Waals surface area contributed by atoms with Crippen molar-refractivity contribution in [2.24, 2.45) is 0 Å². The van der Waals surface area contributed by atoms with Crippen molar-refractivity contribution in [3.05, 3.63) is 75.2 Å². The Morgan fingerprint density at radius 3 is 2.24 bits per heavy atom. The van der Waals surface area contributed by atoms with E-state index in [4.69, 9.17) is 11.6 Å². The normalized spacial score (nSPS) is 13.9. The van der Waals surface area contributed by atoms with Crippen LogP contribution >= 0.6 is 11.6 Å². The summed E-state index contributed by atoms with van der Waals surface area (Å²) in [7, 11) is 0. The third kappa shape index (κ3) is 7.03. The Morgan fingerprint density at radius 1 is 1.03 bits per heavy atom. The van der Waals surface area contributed by atoms with Gasteiger partial charge in [-0.15, -0.1) is 5.10 Å². The molecule has 0 fully saturated rings. The molecule has 3 rings (SSSR count). The zero-order chi connectivity index (χ0) is 28.3. The average molecular weight is 566 g/mol. The molecule has 14 heteroatoms. The number of rotatable bonds is 10. The molecule has 1 aromatic heterocycles. The van der Waals surface area contributed by atoms with Gasteiger partial charge in [-0.3, -0.25) is 9.36 Å². The van der Waals surface area contributed by atoms with Crippen molar-refractivity contribution >= 4 is 17.4 Å². The predicted molar refractivity (Wildman–Crippen MR) is 125 cm³/mol. The Balaban J connectivity index is 1.94. The van der Waals surface area contributed by atoms with E-state index in [2.05, 4.69) is 5.10 Å². The van der Waals surface area contributed by atoms with Crippen LogP contribution in [-0.2, 0) is 24.1 Å². The van der Waals surface area contributed by atoms with Gasteiger partial charge in [0.25, 0.3) is 0 Å². The molecule has 2 aromatic carbocycles. The quantitative estimate of drug-likeness (QED) is 0.355. The largest absolute Gasteiger partial charge is 0.416 e. The van der Waals surface area contributed by atoms with Gasteiger partial charge >= 0.3 is 18.0 Å². The number of alkyl halides is 6. The Hall–Kier alpha value is -3.16. The fraction of sp³-hybridized carbons (Fsp3) is 0.375. The van der Waals surface area contributed by atoms with Crippen molar-refractivity contribution in [1.29, 1.82) is 0 Å². The van der Waals surface area contributed by atoms with E-state index in [1.807, 2.05) is 0 Å². The molecule has 38 heavy (non-hydrogen) atoms. The molecule has 7 nitrogen and oxygen atoms in total. The lowest BCUT2D eigenvalue weighted by Gasteiger charge is -2.20. The van der Waals surface area contributed by atoms with Crippen molar-refractivity contribution in [2.45, 2.75) is 50.3 Å². The molecule has 0 radical (unpaired) electrons. The molecule has 0 saturated carbocycles. The zero-order valence-corrected chi connectivity index (χ0v) is 20.3. The second-order valence-corrected chi connectivity index (χ2v) is 8.91. The summed E-state index contributed by atoms with van der Waals surface area (Å²) in [6.07, 6.45) is -13.4. The molecule has 0 bridgehead atoms. The monoisotopic (exact) mass is 565 g/mol. The standard InChI is InChI=1S/C24H22ClF6N3O4/c25-16-7-5-14(6-8-16)21-32-34(22(38)33(21)13-20(37)24(29,30)31)12-17(36)11-15(9-10-35)18-3-1-2-4-19(18)23(26,27)28/h1-8,15,20,35,37H,9-13H2/t15-,20+/m1/s1. The summed E-state index contributed by atoms with van der Waals surface area (Å²) in [4.78, 5) is 25.8. The smallest absolute Gasteiger partial charge is 0.396 e. The van der Waals surface area contributed by atoms with E-state index in [0.717, 1.165) is 6.07 Å². The first-order valence-corrected chi connectivity index (χ1v) is 11.6. The molecule has 3 aromatic rings. The number of Topliss-reactive ketones (excluding diaryl/α,β-unsaturated/α-hetero) is 1. The van der Waals surface area contributed by atoms with Gasteiger partial charge in [0.15, 0.2) is 17.7 Å². The summed E-state index contributed by atoms with van der Waals surface area (Å²) in [5.41, 5.74) is -2.15. The van der Waals surface area contributed by atoms with Gasteiger partial charge in [-0.2, -0.15) is 26.3 Å². The second-order valence-electron chi connectivity index (χ2n) is 8.48. The second kappa shape index (κ2) is 11.7. The fourth-order valence-corrected chi connectivity index (χ4v) is 4.06. The topological polar surface area (TPSA) is 97.3 Å². The van der Waals surface area contributed by atoms with Gasteiger partial charge in [0.05, 0.1) is 12.1 Å². The fourth-order valence-electron chi connectivity index (χ4n) is 3.94. The van der Waals surface area contributed by atoms with Crippen LogP contribution in [0.2, 0.25) is 5.02 Å². The molecule has 0 aliphatic carbocycles. The third-order valence-electron chi connectivity index (χ3n) is 5.74. The van der Waals surface area contributed by atoms with Gasteiger partial charge in [0.1, 0.15) is 6.54 Å². The van der Waals surface area contributed by atoms with Crippen LogP contribution in [0.5, 0.6) is 0 Å². The van der Waals surface area contributed by atoms with Crippen molar-refractivity contribution in [1.82, 2.24) is 14.3 Å². The maximum Gasteiger partial charge on any atom is 0.416 e. The van der Waals surface area contributed by atoms with E-state index < -0.39 is 67.5 Å². The number of ketones is 1. The van der Waals surface area contributed by atoms with Crippen LogP contribution in [0.25, 0.3) is 11.4 Å². The first kappa shape index (κ1) is 29.4. The van der Waals surface area contributed by atoms with Crippen LogP contribution in [0, 0.1) is 0 Å². The molecule has 0 unspecified atom stereocenters. The number of halogens is 7. The van der Waals surface area contributed by atoms with Crippen LogP contribution in [0.3, 0.4) is 0 Å². The minimum Gasteiger partial charge on any atom is -0.396 e. The minimum absolute atomic E-state index is 0.171. The number of benzene rings is 2. The third-order valence-corrected chi connectivity index (χ3v) is 5.99. The van der Waals surface area contributed by atoms with E-state index in [1.165, 1.54) is 42.5 Å². The van der Waals surface area contributed by atoms with Gasteiger partial charge in [0, 0.05) is 23.6 Å². The summed E-state index contributed by atoms with van der Waals surface area (Å²) >= 11 is 5.84. The molecule has 1 heterocycles. The lowest BCUT2D eigenvalue weighted by atomic mass is 9.87. The minimum atomic E-state index is -5.04. The number of aromatic nitrogens is 3. The first-order chi connectivity index (χ1) is 17.7. The molecule has 206 valence electrons. The first-order valence-electron chi connectivity index (χ1n) is 11.2. The van der Waals surface area contributed by atoms with Gasteiger partial charge in [0.2, 0.25) is 0 Å². The highest BCUT2D eigenvalue weighted by atomic mass is 35.5. The average Bonchev–Trinajstić information content (AvgIpc) is 3.13. The van der Waals surface area contributed by atoms with Crippen molar-refractivity contribution in [3.63, 3.8) is 0 Å². The highest BCUT2D eigenvalue weighted by Gasteiger charge is 2.39. The highest BCUT2D eigenvalue weighted by Crippen LogP contribution is 2.37. The van der Waals surface area contributed by atoms with Crippen LogP contribution in [0.4, 0.5) is 26.3 Å². The molecule has 0 amide bonds. The number of carbonyl (C=O) groups excluding carboxylic acids is 1. The number of carbonyl (C=O) groups is 1. The molecule has 0 spiro atoms. The van der Waals surface area contributed by atoms with Crippen LogP contribution in [-0.4, -0.2) is 49.2 Å². The molecule has 0 aliphatic rings. The van der Waals surface area contributed by atoms with Gasteiger partial charge in [-0.1, -0.05) is 29.8 Å². The SMILES string of the molecule is O=C(C[C@@H](CCO)c1ccccc1C(F)(F)F)Cn1nc(-c2ccc(Cl)cc2)n(C[C@H](O)C(F)(F)F)c1=O. The lowest BCUT2D eigenvalue weighted by molar-refractivity contribution is -0.207. The number of hydrogen-bond donors (Lipinski definition) is 2. The molecular formula is C24H22ClF6N3O4. The van der Waals surface area contributed by atoms with Gasteiger partial charge < -0.3 is 10.2 Å². The van der Waals surface area contributed by atoms with E-state index >= 15 is 0 Å². The van der Waals surface area contributed by atoms with Crippen LogP contribution in [0.1, 0.15) is 29.9 Å². The maximum atomic E-state index is 13.5.